The number of nitrogens with two attached hydrogens (primary N) is 1. The van der Waals surface area contributed by atoms with Crippen LogP contribution in [0.15, 0.2) is 36.4 Å². The van der Waals surface area contributed by atoms with E-state index in [2.05, 4.69) is 5.32 Å². The standard InChI is InChI=1S/C29H35F5N4O4/c1-29(2,35)13-7-8-21(39)37(4)20(15-18-22(30)24(32)26(34)25(33)23(18)31)28(41)38(5)19(27(40)36-3)14-16-9-11-17(42-6)12-10-16/h7-12,19-20H,13-15,35H2,1-6H3,(H,36,40)/b8-7+/t19-,20-/m1/s1. The summed E-state index contributed by atoms with van der Waals surface area (Å²) in [6, 6.07) is 3.68. The number of nitrogens with one attached hydrogen (secondary N) is 1. The van der Waals surface area contributed by atoms with Crippen molar-refractivity contribution in [3.63, 3.8) is 0 Å². The molecular weight excluding hydrogens is 563 g/mol. The fourth-order valence-electron chi connectivity index (χ4n) is 4.09. The second kappa shape index (κ2) is 14.3. The van der Waals surface area contributed by atoms with Crippen molar-refractivity contribution in [2.24, 2.45) is 5.73 Å². The van der Waals surface area contributed by atoms with E-state index in [1.807, 2.05) is 0 Å². The number of carbonyl (C=O) groups excluding carboxylic acids is 3. The molecule has 0 saturated carbocycles. The van der Waals surface area contributed by atoms with Gasteiger partial charge in [-0.25, -0.2) is 22.0 Å². The molecule has 0 saturated heterocycles. The number of halogens is 5. The minimum Gasteiger partial charge on any atom is -0.497 e. The molecule has 0 spiro atoms. The molecule has 2 atom stereocenters. The number of amides is 3. The number of ether oxygens (including phenoxy) is 1. The summed E-state index contributed by atoms with van der Waals surface area (Å²) in [6.07, 6.45) is 1.69. The Balaban J connectivity index is 2.54. The van der Waals surface area contributed by atoms with Gasteiger partial charge in [0.15, 0.2) is 23.3 Å². The lowest BCUT2D eigenvalue weighted by atomic mass is 9.98. The summed E-state index contributed by atoms with van der Waals surface area (Å²) >= 11 is 0. The highest BCUT2D eigenvalue weighted by molar-refractivity contribution is 5.95. The summed E-state index contributed by atoms with van der Waals surface area (Å²) in [5.74, 6) is -12.8. The monoisotopic (exact) mass is 598 g/mol. The summed E-state index contributed by atoms with van der Waals surface area (Å²) < 4.78 is 76.2. The van der Waals surface area contributed by atoms with Crippen LogP contribution < -0.4 is 15.8 Å². The lowest BCUT2D eigenvalue weighted by molar-refractivity contribution is -0.146. The first-order valence-electron chi connectivity index (χ1n) is 12.9. The van der Waals surface area contributed by atoms with Crippen LogP contribution in [0.2, 0.25) is 0 Å². The van der Waals surface area contributed by atoms with Crippen LogP contribution in [0.3, 0.4) is 0 Å². The van der Waals surface area contributed by atoms with Gasteiger partial charge in [0.1, 0.15) is 17.8 Å². The highest BCUT2D eigenvalue weighted by Gasteiger charge is 2.37. The Morgan fingerprint density at radius 3 is 1.90 bits per heavy atom. The molecule has 3 amide bonds. The Kier molecular flexibility index (Phi) is 11.6. The highest BCUT2D eigenvalue weighted by atomic mass is 19.2. The molecule has 8 nitrogen and oxygen atoms in total. The van der Waals surface area contributed by atoms with Crippen molar-refractivity contribution < 1.29 is 41.1 Å². The van der Waals surface area contributed by atoms with E-state index in [4.69, 9.17) is 10.5 Å². The maximum absolute atomic E-state index is 14.7. The van der Waals surface area contributed by atoms with E-state index in [0.717, 1.165) is 22.9 Å². The molecule has 0 radical (unpaired) electrons. The Labute approximate surface area is 241 Å². The number of carbonyl (C=O) groups is 3. The zero-order valence-corrected chi connectivity index (χ0v) is 24.2. The van der Waals surface area contributed by atoms with E-state index < -0.39 is 76.4 Å². The van der Waals surface area contributed by atoms with E-state index in [1.54, 1.807) is 38.1 Å². The number of hydrogen-bond acceptors (Lipinski definition) is 5. The predicted octanol–water partition coefficient (Wildman–Crippen LogP) is 3.26. The summed E-state index contributed by atoms with van der Waals surface area (Å²) in [6.45, 7) is 3.41. The largest absolute Gasteiger partial charge is 0.497 e. The Morgan fingerprint density at radius 1 is 0.905 bits per heavy atom. The molecule has 230 valence electrons. The van der Waals surface area contributed by atoms with Crippen molar-refractivity contribution in [2.45, 2.75) is 50.7 Å². The van der Waals surface area contributed by atoms with Gasteiger partial charge in [0, 0.05) is 45.1 Å². The smallest absolute Gasteiger partial charge is 0.246 e. The average Bonchev–Trinajstić information content (AvgIpc) is 2.96. The molecule has 13 heteroatoms. The van der Waals surface area contributed by atoms with Crippen LogP contribution in [-0.4, -0.2) is 73.4 Å². The fourth-order valence-corrected chi connectivity index (χ4v) is 4.09. The molecule has 0 fully saturated rings. The highest BCUT2D eigenvalue weighted by Crippen LogP contribution is 2.26. The van der Waals surface area contributed by atoms with Crippen LogP contribution in [0.4, 0.5) is 22.0 Å². The molecule has 0 unspecified atom stereocenters. The van der Waals surface area contributed by atoms with E-state index in [-0.39, 0.29) is 12.8 Å². The van der Waals surface area contributed by atoms with Crippen molar-refractivity contribution in [3.8, 4) is 5.75 Å². The third-order valence-corrected chi connectivity index (χ3v) is 6.66. The van der Waals surface area contributed by atoms with Gasteiger partial charge in [-0.1, -0.05) is 18.2 Å². The van der Waals surface area contributed by atoms with Crippen LogP contribution in [0.1, 0.15) is 31.4 Å². The average molecular weight is 599 g/mol. The number of nitrogens with zero attached hydrogens (tertiary/aromatic N) is 2. The number of methoxy groups -OCH3 is 1. The second-order valence-corrected chi connectivity index (χ2v) is 10.4. The van der Waals surface area contributed by atoms with Crippen molar-refractivity contribution in [3.05, 3.63) is 76.6 Å². The lowest BCUT2D eigenvalue weighted by Gasteiger charge is -2.34. The molecular formula is C29H35F5N4O4. The van der Waals surface area contributed by atoms with Crippen LogP contribution in [0.25, 0.3) is 0 Å². The summed E-state index contributed by atoms with van der Waals surface area (Å²) in [4.78, 5) is 41.4. The zero-order chi connectivity index (χ0) is 31.9. The third kappa shape index (κ3) is 8.28. The van der Waals surface area contributed by atoms with Gasteiger partial charge in [0.25, 0.3) is 0 Å². The SMILES string of the molecule is CNC(=O)[C@@H](Cc1ccc(OC)cc1)N(C)C(=O)[C@@H](Cc1c(F)c(F)c(F)c(F)c1F)N(C)C(=O)/C=C/CC(C)(C)N. The number of likely N-dealkylation sites (N-methyl/N-ethyl adjacent to an activating group) is 3. The van der Waals surface area contributed by atoms with E-state index in [1.165, 1.54) is 27.3 Å². The maximum atomic E-state index is 14.7. The first kappa shape index (κ1) is 34.2. The predicted molar refractivity (Wildman–Crippen MR) is 146 cm³/mol. The number of hydrogen-bond donors (Lipinski definition) is 2. The third-order valence-electron chi connectivity index (χ3n) is 6.66. The Morgan fingerprint density at radius 2 is 1.43 bits per heavy atom. The Hall–Kier alpha value is -4.00. The normalized spacial score (nSPS) is 13.0. The molecule has 2 aromatic carbocycles. The topological polar surface area (TPSA) is 105 Å². The summed E-state index contributed by atoms with van der Waals surface area (Å²) in [7, 11) is 5.19. The van der Waals surface area contributed by atoms with Gasteiger partial charge in [-0.3, -0.25) is 14.4 Å². The first-order valence-corrected chi connectivity index (χ1v) is 12.9. The van der Waals surface area contributed by atoms with E-state index >= 15 is 0 Å². The number of rotatable bonds is 12. The van der Waals surface area contributed by atoms with Crippen molar-refractivity contribution in [1.29, 1.82) is 0 Å². The molecule has 0 aliphatic heterocycles. The van der Waals surface area contributed by atoms with Gasteiger partial charge in [-0.05, 0) is 44.0 Å². The maximum Gasteiger partial charge on any atom is 0.246 e. The molecule has 2 aromatic rings. The van der Waals surface area contributed by atoms with Crippen molar-refractivity contribution in [1.82, 2.24) is 15.1 Å². The summed E-state index contributed by atoms with van der Waals surface area (Å²) in [5, 5.41) is 2.44. The molecule has 0 aliphatic carbocycles. The van der Waals surface area contributed by atoms with Crippen LogP contribution in [0, 0.1) is 29.1 Å². The molecule has 2 rings (SSSR count). The number of benzene rings is 2. The van der Waals surface area contributed by atoms with Crippen LogP contribution >= 0.6 is 0 Å². The van der Waals surface area contributed by atoms with Crippen LogP contribution in [0.5, 0.6) is 5.75 Å². The minimum absolute atomic E-state index is 0.00962. The molecule has 42 heavy (non-hydrogen) atoms. The molecule has 0 aliphatic rings. The zero-order valence-electron chi connectivity index (χ0n) is 24.2. The van der Waals surface area contributed by atoms with Crippen molar-refractivity contribution in [2.75, 3.05) is 28.3 Å². The van der Waals surface area contributed by atoms with Gasteiger partial charge in [-0.2, -0.15) is 0 Å². The van der Waals surface area contributed by atoms with E-state index in [0.29, 0.717) is 11.3 Å². The summed E-state index contributed by atoms with van der Waals surface area (Å²) in [5.41, 5.74) is 4.57. The Bertz CT molecular complexity index is 1300. The van der Waals surface area contributed by atoms with Gasteiger partial charge in [-0.15, -0.1) is 0 Å². The van der Waals surface area contributed by atoms with Gasteiger partial charge in [0.2, 0.25) is 23.5 Å². The molecule has 3 N–H and O–H groups in total. The van der Waals surface area contributed by atoms with Gasteiger partial charge in [0.05, 0.1) is 7.11 Å². The minimum atomic E-state index is -2.36. The first-order chi connectivity index (χ1) is 19.5. The van der Waals surface area contributed by atoms with E-state index in [9.17, 15) is 36.3 Å². The van der Waals surface area contributed by atoms with Crippen LogP contribution in [-0.2, 0) is 27.2 Å². The lowest BCUT2D eigenvalue weighted by Crippen LogP contribution is -2.55. The molecule has 0 bridgehead atoms. The van der Waals surface area contributed by atoms with Gasteiger partial charge >= 0.3 is 0 Å². The fraction of sp³-hybridized carbons (Fsp3) is 0.414. The molecule has 0 aromatic heterocycles. The van der Waals surface area contributed by atoms with Gasteiger partial charge < -0.3 is 25.6 Å². The van der Waals surface area contributed by atoms with Crippen molar-refractivity contribution >= 4 is 17.7 Å². The quantitative estimate of drug-likeness (QED) is 0.169. The second-order valence-electron chi connectivity index (χ2n) is 10.4. The molecule has 0 heterocycles.